The molecular weight excluding hydrogens is 328 g/mol. The van der Waals surface area contributed by atoms with Crippen LogP contribution in [0.2, 0.25) is 0 Å². The molecule has 0 unspecified atom stereocenters. The Morgan fingerprint density at radius 3 is 1.90 bits per heavy atom. The number of esters is 1. The van der Waals surface area contributed by atoms with Crippen molar-refractivity contribution in [3.8, 4) is 0 Å². The molecule has 0 fully saturated rings. The van der Waals surface area contributed by atoms with Gasteiger partial charge in [0.2, 0.25) is 0 Å². The van der Waals surface area contributed by atoms with E-state index in [9.17, 15) is 4.79 Å². The monoisotopic (exact) mass is 346 g/mol. The van der Waals surface area contributed by atoms with Gasteiger partial charge in [-0.25, -0.2) is 0 Å². The summed E-state index contributed by atoms with van der Waals surface area (Å²) in [5, 5.41) is 0. The number of alkyl halides is 1. The first-order valence-electron chi connectivity index (χ1n) is 7.16. The zero-order valence-electron chi connectivity index (χ0n) is 12.0. The third-order valence-corrected chi connectivity index (χ3v) is 4.07. The molecule has 2 aromatic rings. The maximum Gasteiger partial charge on any atom is 0.320 e. The van der Waals surface area contributed by atoms with E-state index < -0.39 is 0 Å². The van der Waals surface area contributed by atoms with Crippen LogP contribution in [0, 0.1) is 0 Å². The van der Waals surface area contributed by atoms with Crippen molar-refractivity contribution in [2.24, 2.45) is 0 Å². The first kappa shape index (κ1) is 15.8. The molecule has 110 valence electrons. The van der Waals surface area contributed by atoms with Crippen molar-refractivity contribution in [1.29, 1.82) is 0 Å². The summed E-state index contributed by atoms with van der Waals surface area (Å²) in [4.78, 5) is 12.0. The molecule has 0 heterocycles. The summed E-state index contributed by atoms with van der Waals surface area (Å²) >= 11 is 3.40. The van der Waals surface area contributed by atoms with E-state index in [0.717, 1.165) is 24.0 Å². The Hall–Kier alpha value is -1.61. The predicted molar refractivity (Wildman–Crippen MR) is 88.4 cm³/mol. The van der Waals surface area contributed by atoms with Crippen molar-refractivity contribution < 1.29 is 9.53 Å². The summed E-state index contributed by atoms with van der Waals surface area (Å²) in [6.07, 6.45) is 1.35. The van der Waals surface area contributed by atoms with Gasteiger partial charge in [0.25, 0.3) is 0 Å². The number of carbonyl (C=O) groups excluding carboxylic acids is 1. The van der Waals surface area contributed by atoms with Gasteiger partial charge in [-0.15, -0.1) is 0 Å². The number of rotatable bonds is 6. The molecular formula is C18H19BrO2. The largest absolute Gasteiger partial charge is 0.452 e. The van der Waals surface area contributed by atoms with E-state index >= 15 is 0 Å². The maximum atomic E-state index is 12.2. The van der Waals surface area contributed by atoms with Gasteiger partial charge in [0.1, 0.15) is 4.83 Å². The average Bonchev–Trinajstić information content (AvgIpc) is 2.54. The first-order chi connectivity index (χ1) is 10.2. The zero-order chi connectivity index (χ0) is 15.1. The molecule has 0 amide bonds. The molecule has 1 atom stereocenters. The number of hydrogen-bond donors (Lipinski definition) is 0. The van der Waals surface area contributed by atoms with Crippen LogP contribution in [0.3, 0.4) is 0 Å². The molecule has 2 aromatic carbocycles. The van der Waals surface area contributed by atoms with Crippen molar-refractivity contribution in [3.63, 3.8) is 0 Å². The predicted octanol–water partition coefficient (Wildman–Crippen LogP) is 4.88. The van der Waals surface area contributed by atoms with E-state index in [1.807, 2.05) is 67.6 Å². The normalized spacial score (nSPS) is 12.1. The standard InChI is InChI=1S/C18H19BrO2/c1-2-9-16(19)18(20)21-17(14-10-5-3-6-11-14)15-12-7-4-8-13-15/h3-8,10-13,16-17H,2,9H2,1H3/t16-/m1/s1. The zero-order valence-corrected chi connectivity index (χ0v) is 13.6. The minimum atomic E-state index is -0.364. The Morgan fingerprint density at radius 2 is 1.48 bits per heavy atom. The number of benzene rings is 2. The Morgan fingerprint density at radius 1 is 1.00 bits per heavy atom. The van der Waals surface area contributed by atoms with Gasteiger partial charge in [0, 0.05) is 0 Å². The molecule has 21 heavy (non-hydrogen) atoms. The van der Waals surface area contributed by atoms with Gasteiger partial charge < -0.3 is 4.74 Å². The fourth-order valence-corrected chi connectivity index (χ4v) is 2.71. The second-order valence-corrected chi connectivity index (χ2v) is 6.00. The molecule has 0 saturated heterocycles. The van der Waals surface area contributed by atoms with Gasteiger partial charge >= 0.3 is 5.97 Å². The molecule has 0 N–H and O–H groups in total. The lowest BCUT2D eigenvalue weighted by atomic mass is 10.0. The van der Waals surface area contributed by atoms with Crippen molar-refractivity contribution >= 4 is 21.9 Å². The molecule has 0 bridgehead atoms. The highest BCUT2D eigenvalue weighted by Gasteiger charge is 2.23. The highest BCUT2D eigenvalue weighted by Crippen LogP contribution is 2.27. The smallest absolute Gasteiger partial charge is 0.320 e. The second kappa shape index (κ2) is 7.99. The fraction of sp³-hybridized carbons (Fsp3) is 0.278. The van der Waals surface area contributed by atoms with Crippen molar-refractivity contribution in [1.82, 2.24) is 0 Å². The molecule has 0 radical (unpaired) electrons. The number of carbonyl (C=O) groups is 1. The molecule has 0 saturated carbocycles. The van der Waals surface area contributed by atoms with Crippen LogP contribution >= 0.6 is 15.9 Å². The third-order valence-electron chi connectivity index (χ3n) is 3.24. The summed E-state index contributed by atoms with van der Waals surface area (Å²) < 4.78 is 5.75. The molecule has 3 heteroatoms. The van der Waals surface area contributed by atoms with Crippen molar-refractivity contribution in [2.75, 3.05) is 0 Å². The van der Waals surface area contributed by atoms with Crippen LogP contribution in [0.4, 0.5) is 0 Å². The van der Waals surface area contributed by atoms with Crippen LogP contribution in [-0.2, 0) is 9.53 Å². The van der Waals surface area contributed by atoms with Crippen molar-refractivity contribution in [2.45, 2.75) is 30.7 Å². The second-order valence-electron chi connectivity index (χ2n) is 4.89. The minimum Gasteiger partial charge on any atom is -0.452 e. The minimum absolute atomic E-state index is 0.213. The van der Waals surface area contributed by atoms with Gasteiger partial charge in [0.05, 0.1) is 0 Å². The summed E-state index contributed by atoms with van der Waals surface area (Å²) in [7, 11) is 0. The summed E-state index contributed by atoms with van der Waals surface area (Å²) in [5.74, 6) is -0.213. The Bertz CT molecular complexity index is 514. The van der Waals surface area contributed by atoms with E-state index in [1.165, 1.54) is 0 Å². The molecule has 0 aliphatic heterocycles. The number of halogens is 1. The summed E-state index contributed by atoms with van der Waals surface area (Å²) in [6, 6.07) is 19.7. The van der Waals surface area contributed by atoms with Crippen LogP contribution in [0.5, 0.6) is 0 Å². The molecule has 0 aromatic heterocycles. The lowest BCUT2D eigenvalue weighted by Crippen LogP contribution is -2.21. The van der Waals surface area contributed by atoms with Crippen LogP contribution < -0.4 is 0 Å². The Labute approximate surface area is 134 Å². The van der Waals surface area contributed by atoms with Crippen LogP contribution in [-0.4, -0.2) is 10.8 Å². The molecule has 0 aliphatic carbocycles. The highest BCUT2D eigenvalue weighted by atomic mass is 79.9. The van der Waals surface area contributed by atoms with E-state index in [1.54, 1.807) is 0 Å². The third kappa shape index (κ3) is 4.43. The van der Waals surface area contributed by atoms with E-state index in [0.29, 0.717) is 0 Å². The Kier molecular flexibility index (Phi) is 6.00. The van der Waals surface area contributed by atoms with Crippen molar-refractivity contribution in [3.05, 3.63) is 71.8 Å². The van der Waals surface area contributed by atoms with E-state index in [-0.39, 0.29) is 16.9 Å². The number of ether oxygens (including phenoxy) is 1. The lowest BCUT2D eigenvalue weighted by molar-refractivity contribution is -0.146. The average molecular weight is 347 g/mol. The maximum absolute atomic E-state index is 12.2. The van der Waals surface area contributed by atoms with E-state index in [2.05, 4.69) is 15.9 Å². The summed E-state index contributed by atoms with van der Waals surface area (Å²) in [6.45, 7) is 2.05. The molecule has 2 nitrogen and oxygen atoms in total. The van der Waals surface area contributed by atoms with Gasteiger partial charge in [-0.2, -0.15) is 0 Å². The lowest BCUT2D eigenvalue weighted by Gasteiger charge is -2.20. The molecule has 0 aliphatic rings. The van der Waals surface area contributed by atoms with Gasteiger partial charge in [0.15, 0.2) is 6.10 Å². The highest BCUT2D eigenvalue weighted by molar-refractivity contribution is 9.10. The van der Waals surface area contributed by atoms with Gasteiger partial charge in [-0.05, 0) is 17.5 Å². The summed E-state index contributed by atoms with van der Waals surface area (Å²) in [5.41, 5.74) is 1.96. The molecule has 0 spiro atoms. The SMILES string of the molecule is CCC[C@@H](Br)C(=O)OC(c1ccccc1)c1ccccc1. The van der Waals surface area contributed by atoms with Gasteiger partial charge in [-0.3, -0.25) is 4.79 Å². The number of hydrogen-bond acceptors (Lipinski definition) is 2. The molecule has 2 rings (SSSR count). The van der Waals surface area contributed by atoms with Crippen LogP contribution in [0.1, 0.15) is 37.0 Å². The van der Waals surface area contributed by atoms with E-state index in [4.69, 9.17) is 4.74 Å². The quantitative estimate of drug-likeness (QED) is 0.550. The van der Waals surface area contributed by atoms with Gasteiger partial charge in [-0.1, -0.05) is 89.9 Å². The fourth-order valence-electron chi connectivity index (χ4n) is 2.15. The van der Waals surface area contributed by atoms with Crippen LogP contribution in [0.15, 0.2) is 60.7 Å². The van der Waals surface area contributed by atoms with Crippen LogP contribution in [0.25, 0.3) is 0 Å². The first-order valence-corrected chi connectivity index (χ1v) is 8.08. The topological polar surface area (TPSA) is 26.3 Å². The Balaban J connectivity index is 2.23.